The molecule has 0 radical (unpaired) electrons. The molecule has 0 saturated carbocycles. The third-order valence-corrected chi connectivity index (χ3v) is 2.54. The summed E-state index contributed by atoms with van der Waals surface area (Å²) in [5.74, 6) is -0.918. The molecule has 0 saturated heterocycles. The molecule has 0 spiro atoms. The molecule has 0 aliphatic carbocycles. The molecule has 0 atom stereocenters. The number of halogens is 1. The van der Waals surface area contributed by atoms with Crippen molar-refractivity contribution in [3.8, 4) is 0 Å². The summed E-state index contributed by atoms with van der Waals surface area (Å²) < 4.78 is 18.8. The zero-order valence-electron chi connectivity index (χ0n) is 10.8. The van der Waals surface area contributed by atoms with Gasteiger partial charge in [0.05, 0.1) is 13.2 Å². The molecule has 0 aromatic heterocycles. The molecule has 1 amide bonds. The number of rotatable bonds is 9. The van der Waals surface area contributed by atoms with Gasteiger partial charge in [0, 0.05) is 24.2 Å². The summed E-state index contributed by atoms with van der Waals surface area (Å²) in [6.45, 7) is 5.71. The van der Waals surface area contributed by atoms with Crippen LogP contribution in [0.15, 0.2) is 30.9 Å². The monoisotopic (exact) mass is 266 g/mol. The van der Waals surface area contributed by atoms with E-state index >= 15 is 0 Å². The predicted molar refractivity (Wildman–Crippen MR) is 72.3 cm³/mol. The third-order valence-electron chi connectivity index (χ3n) is 2.54. The van der Waals surface area contributed by atoms with Crippen LogP contribution in [-0.2, 0) is 11.3 Å². The summed E-state index contributed by atoms with van der Waals surface area (Å²) in [7, 11) is 0. The van der Waals surface area contributed by atoms with E-state index in [1.54, 1.807) is 6.08 Å². The number of hydrogen-bond acceptors (Lipinski definition) is 3. The van der Waals surface area contributed by atoms with Crippen LogP contribution >= 0.6 is 0 Å². The number of nitrogens with one attached hydrogen (secondary N) is 1. The smallest absolute Gasteiger partial charge is 0.248 e. The lowest BCUT2D eigenvalue weighted by Crippen LogP contribution is -2.20. The van der Waals surface area contributed by atoms with E-state index < -0.39 is 5.91 Å². The Morgan fingerprint density at radius 1 is 1.47 bits per heavy atom. The lowest BCUT2D eigenvalue weighted by Gasteiger charge is -2.07. The van der Waals surface area contributed by atoms with E-state index in [9.17, 15) is 9.18 Å². The van der Waals surface area contributed by atoms with E-state index in [1.807, 2.05) is 0 Å². The summed E-state index contributed by atoms with van der Waals surface area (Å²) in [6, 6.07) is 4.08. The summed E-state index contributed by atoms with van der Waals surface area (Å²) in [4.78, 5) is 11.0. The lowest BCUT2D eigenvalue weighted by molar-refractivity contribution is 0.1000. The minimum atomic E-state index is -0.561. The quantitative estimate of drug-likeness (QED) is 0.527. The van der Waals surface area contributed by atoms with Crippen molar-refractivity contribution in [3.63, 3.8) is 0 Å². The van der Waals surface area contributed by atoms with Gasteiger partial charge in [0.2, 0.25) is 5.91 Å². The fourth-order valence-corrected chi connectivity index (χ4v) is 1.50. The average molecular weight is 266 g/mol. The van der Waals surface area contributed by atoms with Gasteiger partial charge in [-0.2, -0.15) is 0 Å². The van der Waals surface area contributed by atoms with Gasteiger partial charge in [0.15, 0.2) is 0 Å². The van der Waals surface area contributed by atoms with E-state index in [2.05, 4.69) is 11.9 Å². The zero-order valence-corrected chi connectivity index (χ0v) is 10.8. The highest BCUT2D eigenvalue weighted by Gasteiger charge is 2.06. The molecule has 1 rings (SSSR count). The van der Waals surface area contributed by atoms with Crippen LogP contribution in [-0.4, -0.2) is 25.7 Å². The van der Waals surface area contributed by atoms with Gasteiger partial charge in [0.25, 0.3) is 0 Å². The molecule has 0 heterocycles. The number of ether oxygens (including phenoxy) is 1. The summed E-state index contributed by atoms with van der Waals surface area (Å²) in [5.41, 5.74) is 5.87. The topological polar surface area (TPSA) is 64.3 Å². The number of carbonyl (C=O) groups is 1. The number of nitrogens with two attached hydrogens (primary N) is 1. The summed E-state index contributed by atoms with van der Waals surface area (Å²) in [5, 5.41) is 3.04. The predicted octanol–water partition coefficient (Wildman–Crippen LogP) is 1.61. The van der Waals surface area contributed by atoms with E-state index in [0.29, 0.717) is 37.4 Å². The number of primary amides is 1. The van der Waals surface area contributed by atoms with E-state index in [0.717, 1.165) is 6.42 Å². The van der Waals surface area contributed by atoms with Crippen LogP contribution in [0, 0.1) is 5.82 Å². The Kier molecular flexibility index (Phi) is 6.78. The van der Waals surface area contributed by atoms with Crippen molar-refractivity contribution in [2.24, 2.45) is 5.73 Å². The molecule has 19 heavy (non-hydrogen) atoms. The highest BCUT2D eigenvalue weighted by molar-refractivity contribution is 5.92. The highest BCUT2D eigenvalue weighted by Crippen LogP contribution is 2.10. The lowest BCUT2D eigenvalue weighted by atomic mass is 10.1. The normalized spacial score (nSPS) is 10.4. The van der Waals surface area contributed by atoms with Crippen LogP contribution in [0.25, 0.3) is 0 Å². The second-order valence-electron chi connectivity index (χ2n) is 4.04. The van der Waals surface area contributed by atoms with Gasteiger partial charge >= 0.3 is 0 Å². The Morgan fingerprint density at radius 3 is 2.95 bits per heavy atom. The van der Waals surface area contributed by atoms with Gasteiger partial charge in [0.1, 0.15) is 5.82 Å². The van der Waals surface area contributed by atoms with Crippen molar-refractivity contribution in [2.75, 3.05) is 19.8 Å². The van der Waals surface area contributed by atoms with Crippen LogP contribution in [0.3, 0.4) is 0 Å². The van der Waals surface area contributed by atoms with Gasteiger partial charge in [-0.05, 0) is 24.6 Å². The number of hydrogen-bond donors (Lipinski definition) is 2. The maximum atomic E-state index is 13.5. The van der Waals surface area contributed by atoms with Crippen LogP contribution in [0.1, 0.15) is 22.3 Å². The first-order chi connectivity index (χ1) is 9.15. The number of benzene rings is 1. The molecule has 3 N–H and O–H groups in total. The second-order valence-corrected chi connectivity index (χ2v) is 4.04. The summed E-state index contributed by atoms with van der Waals surface area (Å²) >= 11 is 0. The Hall–Kier alpha value is -1.72. The second kappa shape index (κ2) is 8.39. The van der Waals surface area contributed by atoms with Gasteiger partial charge in [-0.3, -0.25) is 4.79 Å². The van der Waals surface area contributed by atoms with Gasteiger partial charge in [-0.25, -0.2) is 4.39 Å². The Bertz CT molecular complexity index is 435. The molecule has 5 heteroatoms. The Labute approximate surface area is 112 Å². The minimum Gasteiger partial charge on any atom is -0.380 e. The van der Waals surface area contributed by atoms with Crippen LogP contribution in [0.4, 0.5) is 4.39 Å². The molecule has 0 unspecified atom stereocenters. The largest absolute Gasteiger partial charge is 0.380 e. The average Bonchev–Trinajstić information content (AvgIpc) is 2.39. The van der Waals surface area contributed by atoms with E-state index in [1.165, 1.54) is 18.2 Å². The molecular formula is C14H19FN2O2. The standard InChI is InChI=1S/C14H19FN2O2/c1-2-3-7-19-8-6-17-10-12-9-11(14(16)18)4-5-13(12)15/h2,4-5,9,17H,1,3,6-8,10H2,(H2,16,18). The van der Waals surface area contributed by atoms with Crippen molar-refractivity contribution < 1.29 is 13.9 Å². The zero-order chi connectivity index (χ0) is 14.1. The third kappa shape index (κ3) is 5.63. The first kappa shape index (κ1) is 15.3. The maximum absolute atomic E-state index is 13.5. The van der Waals surface area contributed by atoms with E-state index in [4.69, 9.17) is 10.5 Å². The van der Waals surface area contributed by atoms with Crippen molar-refractivity contribution >= 4 is 5.91 Å². The van der Waals surface area contributed by atoms with Crippen molar-refractivity contribution in [1.82, 2.24) is 5.32 Å². The van der Waals surface area contributed by atoms with Gasteiger partial charge in [-0.15, -0.1) is 6.58 Å². The molecule has 4 nitrogen and oxygen atoms in total. The van der Waals surface area contributed by atoms with Gasteiger partial charge in [-0.1, -0.05) is 6.08 Å². The molecular weight excluding hydrogens is 247 g/mol. The van der Waals surface area contributed by atoms with Crippen LogP contribution < -0.4 is 11.1 Å². The first-order valence-electron chi connectivity index (χ1n) is 6.12. The minimum absolute atomic E-state index is 0.306. The molecule has 1 aromatic carbocycles. The fraction of sp³-hybridized carbons (Fsp3) is 0.357. The van der Waals surface area contributed by atoms with Gasteiger partial charge < -0.3 is 15.8 Å². The molecule has 0 aliphatic heterocycles. The molecule has 0 bridgehead atoms. The Balaban J connectivity index is 2.34. The maximum Gasteiger partial charge on any atom is 0.248 e. The highest BCUT2D eigenvalue weighted by atomic mass is 19.1. The molecule has 104 valence electrons. The van der Waals surface area contributed by atoms with E-state index in [-0.39, 0.29) is 5.82 Å². The Morgan fingerprint density at radius 2 is 2.26 bits per heavy atom. The van der Waals surface area contributed by atoms with Crippen molar-refractivity contribution in [2.45, 2.75) is 13.0 Å². The van der Waals surface area contributed by atoms with Crippen LogP contribution in [0.5, 0.6) is 0 Å². The molecule has 0 fully saturated rings. The van der Waals surface area contributed by atoms with Crippen molar-refractivity contribution in [3.05, 3.63) is 47.8 Å². The number of carbonyl (C=O) groups excluding carboxylic acids is 1. The number of amides is 1. The summed E-state index contributed by atoms with van der Waals surface area (Å²) in [6.07, 6.45) is 2.60. The molecule has 1 aromatic rings. The van der Waals surface area contributed by atoms with Crippen molar-refractivity contribution in [1.29, 1.82) is 0 Å². The van der Waals surface area contributed by atoms with Crippen LogP contribution in [0.2, 0.25) is 0 Å². The SMILES string of the molecule is C=CCCOCCNCc1cc(C(N)=O)ccc1F. The molecule has 0 aliphatic rings. The first-order valence-corrected chi connectivity index (χ1v) is 6.12. The fourth-order valence-electron chi connectivity index (χ4n) is 1.50.